The minimum Gasteiger partial charge on any atom is -0.494 e. The third kappa shape index (κ3) is 4.68. The second-order valence-corrected chi connectivity index (χ2v) is 10.0. The van der Waals surface area contributed by atoms with E-state index in [0.29, 0.717) is 25.0 Å². The molecule has 0 aliphatic carbocycles. The van der Waals surface area contributed by atoms with Gasteiger partial charge in [-0.05, 0) is 43.3 Å². The molecule has 1 saturated heterocycles. The molecule has 0 saturated carbocycles. The van der Waals surface area contributed by atoms with Gasteiger partial charge in [0.05, 0.1) is 35.1 Å². The lowest BCUT2D eigenvalue weighted by Crippen LogP contribution is -2.40. The number of amides is 1. The molecule has 1 N–H and O–H groups in total. The molecular formula is C20H20ClN3O5S2. The van der Waals surface area contributed by atoms with Gasteiger partial charge in [0, 0.05) is 18.7 Å². The monoisotopic (exact) mass is 481 g/mol. The third-order valence-corrected chi connectivity index (χ3v) is 7.99. The molecule has 1 aliphatic rings. The number of nitrogens with one attached hydrogen (secondary N) is 1. The number of sulfonamides is 1. The summed E-state index contributed by atoms with van der Waals surface area (Å²) in [5, 5.41) is 3.20. The van der Waals surface area contributed by atoms with Crippen molar-refractivity contribution in [2.45, 2.75) is 11.8 Å². The Bertz CT molecular complexity index is 1220. The summed E-state index contributed by atoms with van der Waals surface area (Å²) < 4.78 is 38.8. The average molecular weight is 482 g/mol. The highest BCUT2D eigenvalue weighted by Crippen LogP contribution is 2.30. The summed E-state index contributed by atoms with van der Waals surface area (Å²) in [7, 11) is -3.84. The molecule has 164 valence electrons. The number of carbonyl (C=O) groups excluding carboxylic acids is 1. The molecule has 8 nitrogen and oxygen atoms in total. The van der Waals surface area contributed by atoms with Crippen LogP contribution in [0.2, 0.25) is 5.02 Å². The maximum absolute atomic E-state index is 13.0. The number of aromatic nitrogens is 1. The first kappa shape index (κ1) is 22.0. The van der Waals surface area contributed by atoms with Crippen LogP contribution in [0, 0.1) is 0 Å². The van der Waals surface area contributed by atoms with Gasteiger partial charge in [-0.2, -0.15) is 4.31 Å². The number of halogens is 1. The smallest absolute Gasteiger partial charge is 0.257 e. The molecule has 1 fully saturated rings. The SMILES string of the molecule is CCOc1ccc2nc(NC(=O)c3ccc(Cl)c(S(=O)(=O)N4CCOCC4)c3)sc2c1. The van der Waals surface area contributed by atoms with Crippen LogP contribution in [-0.4, -0.2) is 56.5 Å². The zero-order valence-corrected chi connectivity index (χ0v) is 19.0. The van der Waals surface area contributed by atoms with Crippen LogP contribution >= 0.6 is 22.9 Å². The summed E-state index contributed by atoms with van der Waals surface area (Å²) in [5.74, 6) is 0.256. The lowest BCUT2D eigenvalue weighted by atomic mass is 10.2. The van der Waals surface area contributed by atoms with Gasteiger partial charge in [0.15, 0.2) is 5.13 Å². The zero-order chi connectivity index (χ0) is 22.0. The predicted octanol–water partition coefficient (Wildman–Crippen LogP) is 3.62. The van der Waals surface area contributed by atoms with Crippen LogP contribution in [0.4, 0.5) is 5.13 Å². The van der Waals surface area contributed by atoms with E-state index in [2.05, 4.69) is 10.3 Å². The molecule has 0 atom stereocenters. The van der Waals surface area contributed by atoms with E-state index in [0.717, 1.165) is 16.0 Å². The van der Waals surface area contributed by atoms with E-state index in [1.807, 2.05) is 25.1 Å². The van der Waals surface area contributed by atoms with Crippen molar-refractivity contribution in [3.05, 3.63) is 47.0 Å². The molecule has 0 radical (unpaired) electrons. The largest absolute Gasteiger partial charge is 0.494 e. The van der Waals surface area contributed by atoms with Crippen LogP contribution in [0.25, 0.3) is 10.2 Å². The van der Waals surface area contributed by atoms with Gasteiger partial charge in [-0.15, -0.1) is 0 Å². The first-order valence-electron chi connectivity index (χ1n) is 9.60. The van der Waals surface area contributed by atoms with E-state index in [9.17, 15) is 13.2 Å². The number of morpholine rings is 1. The van der Waals surface area contributed by atoms with E-state index in [1.165, 1.54) is 33.8 Å². The Labute approximate surface area is 188 Å². The van der Waals surface area contributed by atoms with E-state index >= 15 is 0 Å². The first-order chi connectivity index (χ1) is 14.9. The molecule has 11 heteroatoms. The summed E-state index contributed by atoms with van der Waals surface area (Å²) in [6, 6.07) is 9.69. The minimum absolute atomic E-state index is 0.0616. The quantitative estimate of drug-likeness (QED) is 0.577. The average Bonchev–Trinajstić information content (AvgIpc) is 3.16. The Hall–Kier alpha value is -2.24. The lowest BCUT2D eigenvalue weighted by Gasteiger charge is -2.26. The van der Waals surface area contributed by atoms with Crippen LogP contribution in [-0.2, 0) is 14.8 Å². The van der Waals surface area contributed by atoms with Gasteiger partial charge in [-0.3, -0.25) is 10.1 Å². The Morgan fingerprint density at radius 2 is 2.03 bits per heavy atom. The van der Waals surface area contributed by atoms with Crippen LogP contribution in [0.1, 0.15) is 17.3 Å². The molecule has 0 spiro atoms. The molecule has 1 aromatic heterocycles. The van der Waals surface area contributed by atoms with Gasteiger partial charge in [0.1, 0.15) is 10.6 Å². The zero-order valence-electron chi connectivity index (χ0n) is 16.6. The van der Waals surface area contributed by atoms with Gasteiger partial charge < -0.3 is 9.47 Å². The predicted molar refractivity (Wildman–Crippen MR) is 120 cm³/mol. The van der Waals surface area contributed by atoms with Crippen LogP contribution in [0.5, 0.6) is 5.75 Å². The topological polar surface area (TPSA) is 97.8 Å². The summed E-state index contributed by atoms with van der Waals surface area (Å²) in [5.41, 5.74) is 0.904. The minimum atomic E-state index is -3.84. The van der Waals surface area contributed by atoms with Crippen molar-refractivity contribution in [2.75, 3.05) is 38.2 Å². The van der Waals surface area contributed by atoms with Gasteiger partial charge in [0.2, 0.25) is 10.0 Å². The number of anilines is 1. The molecule has 31 heavy (non-hydrogen) atoms. The number of benzene rings is 2. The fourth-order valence-electron chi connectivity index (χ4n) is 3.15. The molecule has 3 aromatic rings. The summed E-state index contributed by atoms with van der Waals surface area (Å²) in [6.45, 7) is 3.58. The van der Waals surface area contributed by atoms with Crippen molar-refractivity contribution >= 4 is 54.2 Å². The number of ether oxygens (including phenoxy) is 2. The van der Waals surface area contributed by atoms with Crippen molar-refractivity contribution in [1.82, 2.24) is 9.29 Å². The van der Waals surface area contributed by atoms with Crippen molar-refractivity contribution in [2.24, 2.45) is 0 Å². The summed E-state index contributed by atoms with van der Waals surface area (Å²) >= 11 is 7.47. The fourth-order valence-corrected chi connectivity index (χ4v) is 5.95. The van der Waals surface area contributed by atoms with E-state index in [4.69, 9.17) is 21.1 Å². The Morgan fingerprint density at radius 3 is 2.77 bits per heavy atom. The lowest BCUT2D eigenvalue weighted by molar-refractivity contribution is 0.0730. The number of nitrogens with zero attached hydrogens (tertiary/aromatic N) is 2. The van der Waals surface area contributed by atoms with Crippen LogP contribution in [0.15, 0.2) is 41.3 Å². The molecule has 0 bridgehead atoms. The highest BCUT2D eigenvalue weighted by atomic mass is 35.5. The van der Waals surface area contributed by atoms with Gasteiger partial charge in [0.25, 0.3) is 5.91 Å². The highest BCUT2D eigenvalue weighted by Gasteiger charge is 2.29. The number of carbonyl (C=O) groups is 1. The van der Waals surface area contributed by atoms with Crippen LogP contribution < -0.4 is 10.1 Å². The number of rotatable bonds is 6. The maximum atomic E-state index is 13.0. The van der Waals surface area contributed by atoms with Gasteiger partial charge in [-0.1, -0.05) is 22.9 Å². The molecule has 1 aliphatic heterocycles. The number of hydrogen-bond acceptors (Lipinski definition) is 7. The summed E-state index contributed by atoms with van der Waals surface area (Å²) in [6.07, 6.45) is 0. The molecule has 1 amide bonds. The van der Waals surface area contributed by atoms with E-state index in [-0.39, 0.29) is 28.6 Å². The molecule has 2 heterocycles. The second-order valence-electron chi connectivity index (χ2n) is 6.70. The third-order valence-electron chi connectivity index (χ3n) is 4.67. The Kier molecular flexibility index (Phi) is 6.44. The fraction of sp³-hybridized carbons (Fsp3) is 0.300. The van der Waals surface area contributed by atoms with Crippen molar-refractivity contribution in [3.8, 4) is 5.75 Å². The van der Waals surface area contributed by atoms with Crippen molar-refractivity contribution in [3.63, 3.8) is 0 Å². The number of hydrogen-bond donors (Lipinski definition) is 1. The molecular weight excluding hydrogens is 462 g/mol. The van der Waals surface area contributed by atoms with Crippen molar-refractivity contribution in [1.29, 1.82) is 0 Å². The van der Waals surface area contributed by atoms with Gasteiger partial charge >= 0.3 is 0 Å². The van der Waals surface area contributed by atoms with Gasteiger partial charge in [-0.25, -0.2) is 13.4 Å². The summed E-state index contributed by atoms with van der Waals surface area (Å²) in [4.78, 5) is 17.1. The molecule has 2 aromatic carbocycles. The van der Waals surface area contributed by atoms with Crippen molar-refractivity contribution < 1.29 is 22.7 Å². The first-order valence-corrected chi connectivity index (χ1v) is 12.2. The Morgan fingerprint density at radius 1 is 1.26 bits per heavy atom. The normalized spacial score (nSPS) is 15.2. The van der Waals surface area contributed by atoms with E-state index < -0.39 is 15.9 Å². The standard InChI is InChI=1S/C20H20ClN3O5S2/c1-2-29-14-4-6-16-17(12-14)30-20(22-16)23-19(25)13-3-5-15(21)18(11-13)31(26,27)24-7-9-28-10-8-24/h3-6,11-12H,2,7-10H2,1H3,(H,22,23,25). The molecule has 4 rings (SSSR count). The second kappa shape index (κ2) is 9.09. The highest BCUT2D eigenvalue weighted by molar-refractivity contribution is 7.89. The Balaban J connectivity index is 1.58. The molecule has 0 unspecified atom stereocenters. The van der Waals surface area contributed by atoms with E-state index in [1.54, 1.807) is 0 Å². The van der Waals surface area contributed by atoms with Crippen LogP contribution in [0.3, 0.4) is 0 Å². The maximum Gasteiger partial charge on any atom is 0.257 e. The number of fused-ring (bicyclic) bond motifs is 1. The number of thiazole rings is 1.